The average molecular weight is 450 g/mol. The summed E-state index contributed by atoms with van der Waals surface area (Å²) in [5.74, 6) is -1.81. The average Bonchev–Trinajstić information content (AvgIpc) is 2.77. The van der Waals surface area contributed by atoms with Crippen molar-refractivity contribution in [3.63, 3.8) is 0 Å². The zero-order chi connectivity index (χ0) is 24.3. The molecule has 0 aliphatic carbocycles. The fraction of sp³-hybridized carbons (Fsp3) is 0.565. The van der Waals surface area contributed by atoms with E-state index < -0.39 is 42.0 Å². The summed E-state index contributed by atoms with van der Waals surface area (Å²) in [6, 6.07) is 6.18. The van der Waals surface area contributed by atoms with Crippen molar-refractivity contribution >= 4 is 23.9 Å². The maximum absolute atomic E-state index is 13.2. The molecule has 0 bridgehead atoms. The lowest BCUT2D eigenvalue weighted by Gasteiger charge is -2.31. The highest BCUT2D eigenvalue weighted by Gasteiger charge is 2.37. The highest BCUT2D eigenvalue weighted by Crippen LogP contribution is 2.11. The first-order chi connectivity index (χ1) is 15.1. The lowest BCUT2D eigenvalue weighted by molar-refractivity contribution is -0.153. The third kappa shape index (κ3) is 7.96. The van der Waals surface area contributed by atoms with Crippen LogP contribution in [0.4, 0.5) is 4.79 Å². The number of esters is 2. The van der Waals surface area contributed by atoms with E-state index in [4.69, 9.17) is 9.47 Å². The molecule has 0 fully saturated rings. The van der Waals surface area contributed by atoms with E-state index in [9.17, 15) is 19.2 Å². The van der Waals surface area contributed by atoms with Gasteiger partial charge in [0, 0.05) is 14.1 Å². The summed E-state index contributed by atoms with van der Waals surface area (Å²) < 4.78 is 10.1. The number of nitrogens with zero attached hydrogens (tertiary/aromatic N) is 2. The molecule has 1 aromatic rings. The van der Waals surface area contributed by atoms with Crippen molar-refractivity contribution in [2.24, 2.45) is 0 Å². The molecule has 3 atom stereocenters. The number of nitrogens with one attached hydrogen (secondary N) is 1. The third-order valence-corrected chi connectivity index (χ3v) is 4.80. The molecule has 3 amide bonds. The zero-order valence-electron chi connectivity index (χ0n) is 19.8. The van der Waals surface area contributed by atoms with Gasteiger partial charge in [-0.3, -0.25) is 14.9 Å². The predicted molar refractivity (Wildman–Crippen MR) is 120 cm³/mol. The summed E-state index contributed by atoms with van der Waals surface area (Å²) in [5, 5.41) is 2.98. The van der Waals surface area contributed by atoms with E-state index in [1.807, 2.05) is 30.3 Å². The van der Waals surface area contributed by atoms with Crippen LogP contribution in [-0.4, -0.2) is 79.1 Å². The van der Waals surface area contributed by atoms with E-state index in [1.54, 1.807) is 20.8 Å². The topological polar surface area (TPSA) is 105 Å². The van der Waals surface area contributed by atoms with Gasteiger partial charge in [0.05, 0.1) is 19.3 Å². The van der Waals surface area contributed by atoms with Crippen molar-refractivity contribution in [2.45, 2.75) is 58.7 Å². The molecule has 0 saturated heterocycles. The smallest absolute Gasteiger partial charge is 0.329 e. The van der Waals surface area contributed by atoms with Gasteiger partial charge >= 0.3 is 18.0 Å². The van der Waals surface area contributed by atoms with Crippen molar-refractivity contribution < 1.29 is 28.7 Å². The van der Waals surface area contributed by atoms with Gasteiger partial charge in [0.1, 0.15) is 12.1 Å². The Hall–Kier alpha value is -2.94. The molecule has 0 spiro atoms. The van der Waals surface area contributed by atoms with Crippen LogP contribution in [0.5, 0.6) is 0 Å². The van der Waals surface area contributed by atoms with E-state index in [0.717, 1.165) is 10.5 Å². The minimum Gasteiger partial charge on any atom is -0.465 e. The molecule has 9 heteroatoms. The fourth-order valence-corrected chi connectivity index (χ4v) is 3.08. The first-order valence-electron chi connectivity index (χ1n) is 10.8. The molecule has 1 rings (SSSR count). The summed E-state index contributed by atoms with van der Waals surface area (Å²) in [6.45, 7) is 6.66. The second kappa shape index (κ2) is 13.5. The van der Waals surface area contributed by atoms with Crippen LogP contribution in [0.2, 0.25) is 0 Å². The molecule has 1 aromatic carbocycles. The summed E-state index contributed by atoms with van der Waals surface area (Å²) in [6.07, 6.45) is 0.993. The number of carbonyl (C=O) groups excluding carboxylic acids is 4. The number of urea groups is 1. The van der Waals surface area contributed by atoms with Crippen LogP contribution < -0.4 is 5.32 Å². The summed E-state index contributed by atoms with van der Waals surface area (Å²) >= 11 is 0. The normalized spacial score (nSPS) is 13.4. The Labute approximate surface area is 190 Å². The third-order valence-electron chi connectivity index (χ3n) is 4.80. The van der Waals surface area contributed by atoms with Crippen LogP contribution in [-0.2, 0) is 30.3 Å². The molecule has 0 radical (unpaired) electrons. The lowest BCUT2D eigenvalue weighted by atomic mass is 10.0. The summed E-state index contributed by atoms with van der Waals surface area (Å²) in [7, 11) is 2.97. The Morgan fingerprint density at radius 2 is 1.50 bits per heavy atom. The van der Waals surface area contributed by atoms with Gasteiger partial charge in [0.25, 0.3) is 0 Å². The van der Waals surface area contributed by atoms with Gasteiger partial charge < -0.3 is 14.4 Å². The lowest BCUT2D eigenvalue weighted by Crippen LogP contribution is -2.58. The van der Waals surface area contributed by atoms with E-state index in [-0.39, 0.29) is 13.2 Å². The molecule has 0 aromatic heterocycles. The second-order valence-electron chi connectivity index (χ2n) is 7.53. The van der Waals surface area contributed by atoms with Crippen molar-refractivity contribution in [3.05, 3.63) is 35.9 Å². The molecule has 0 saturated carbocycles. The molecule has 3 unspecified atom stereocenters. The van der Waals surface area contributed by atoms with Crippen LogP contribution in [0.1, 0.15) is 39.7 Å². The van der Waals surface area contributed by atoms with Crippen molar-refractivity contribution in [1.82, 2.24) is 15.1 Å². The number of amides is 3. The molecule has 32 heavy (non-hydrogen) atoms. The number of benzene rings is 1. The zero-order valence-corrected chi connectivity index (χ0v) is 19.8. The fourth-order valence-electron chi connectivity index (χ4n) is 3.08. The molecule has 0 heterocycles. The first kappa shape index (κ1) is 27.1. The molecule has 9 nitrogen and oxygen atoms in total. The van der Waals surface area contributed by atoms with Gasteiger partial charge in [-0.25, -0.2) is 14.5 Å². The largest absolute Gasteiger partial charge is 0.465 e. The van der Waals surface area contributed by atoms with Crippen LogP contribution in [0.25, 0.3) is 0 Å². The number of hydrogen-bond donors (Lipinski definition) is 1. The Bertz CT molecular complexity index is 768. The monoisotopic (exact) mass is 449 g/mol. The molecular weight excluding hydrogens is 414 g/mol. The van der Waals surface area contributed by atoms with Gasteiger partial charge in [0.15, 0.2) is 0 Å². The highest BCUT2D eigenvalue weighted by molar-refractivity contribution is 6.00. The summed E-state index contributed by atoms with van der Waals surface area (Å²) in [5.41, 5.74) is 1.04. The number of aryl methyl sites for hydroxylation is 1. The SMILES string of the molecule is CCOC(=O)C(CCc1ccccc1)NC(C)C(=O)N(C(=O)N(C)C)C(C)C(=O)OCC. The molecule has 0 aliphatic heterocycles. The molecule has 0 aliphatic rings. The van der Waals surface area contributed by atoms with Gasteiger partial charge in [-0.2, -0.15) is 0 Å². The maximum atomic E-state index is 13.2. The van der Waals surface area contributed by atoms with Crippen LogP contribution in [0.3, 0.4) is 0 Å². The van der Waals surface area contributed by atoms with Gasteiger partial charge in [-0.1, -0.05) is 30.3 Å². The standard InChI is InChI=1S/C23H35N3O6/c1-7-31-21(28)17(4)26(23(30)25(5)6)20(27)16(3)24-19(22(29)32-8-2)15-14-18-12-10-9-11-13-18/h9-13,16-17,19,24H,7-8,14-15H2,1-6H3. The minimum absolute atomic E-state index is 0.125. The maximum Gasteiger partial charge on any atom is 0.329 e. The van der Waals surface area contributed by atoms with Gasteiger partial charge in [0.2, 0.25) is 5.91 Å². The van der Waals surface area contributed by atoms with Crippen molar-refractivity contribution in [3.8, 4) is 0 Å². The summed E-state index contributed by atoms with van der Waals surface area (Å²) in [4.78, 5) is 52.7. The molecule has 178 valence electrons. The first-order valence-corrected chi connectivity index (χ1v) is 10.8. The van der Waals surface area contributed by atoms with Crippen LogP contribution >= 0.6 is 0 Å². The van der Waals surface area contributed by atoms with Crippen LogP contribution in [0, 0.1) is 0 Å². The minimum atomic E-state index is -1.12. The van der Waals surface area contributed by atoms with E-state index in [1.165, 1.54) is 25.9 Å². The highest BCUT2D eigenvalue weighted by atomic mass is 16.5. The predicted octanol–water partition coefficient (Wildman–Crippen LogP) is 1.99. The van der Waals surface area contributed by atoms with Crippen LogP contribution in [0.15, 0.2) is 30.3 Å². The van der Waals surface area contributed by atoms with Gasteiger partial charge in [-0.05, 0) is 46.1 Å². The molecular formula is C23H35N3O6. The molecule has 1 N–H and O–H groups in total. The Morgan fingerprint density at radius 1 is 0.938 bits per heavy atom. The van der Waals surface area contributed by atoms with Crippen molar-refractivity contribution in [2.75, 3.05) is 27.3 Å². The van der Waals surface area contributed by atoms with Crippen molar-refractivity contribution in [1.29, 1.82) is 0 Å². The number of imide groups is 1. The number of hydrogen-bond acceptors (Lipinski definition) is 7. The van der Waals surface area contributed by atoms with E-state index in [0.29, 0.717) is 12.8 Å². The number of carbonyl (C=O) groups is 4. The Balaban J connectivity index is 3.02. The number of ether oxygens (including phenoxy) is 2. The number of rotatable bonds is 11. The van der Waals surface area contributed by atoms with E-state index in [2.05, 4.69) is 5.32 Å². The Morgan fingerprint density at radius 3 is 2.03 bits per heavy atom. The van der Waals surface area contributed by atoms with Gasteiger partial charge in [-0.15, -0.1) is 0 Å². The second-order valence-corrected chi connectivity index (χ2v) is 7.53. The quantitative estimate of drug-likeness (QED) is 0.515. The Kier molecular flexibility index (Phi) is 11.4. The van der Waals surface area contributed by atoms with E-state index >= 15 is 0 Å².